The number of hydrogen-bond donors (Lipinski definition) is 1. The molecule has 1 saturated heterocycles. The van der Waals surface area contributed by atoms with Gasteiger partial charge in [0, 0.05) is 31.4 Å². The normalized spacial score (nSPS) is 19.8. The van der Waals surface area contributed by atoms with Crippen molar-refractivity contribution in [1.82, 2.24) is 15.3 Å². The van der Waals surface area contributed by atoms with Crippen molar-refractivity contribution in [2.45, 2.75) is 18.9 Å². The molecule has 7 heteroatoms. The first kappa shape index (κ1) is 16.6. The van der Waals surface area contributed by atoms with Gasteiger partial charge in [0.1, 0.15) is 18.5 Å². The Hall–Kier alpha value is -2.83. The Morgan fingerprint density at radius 2 is 2.00 bits per heavy atom. The number of carbonyl (C=O) groups excluding carboxylic acids is 1. The molecule has 1 amide bonds. The van der Waals surface area contributed by atoms with E-state index in [2.05, 4.69) is 20.2 Å². The maximum atomic E-state index is 12.5. The van der Waals surface area contributed by atoms with E-state index in [0.29, 0.717) is 13.2 Å². The Balaban J connectivity index is 1.24. The number of carbonyl (C=O) groups is 1. The van der Waals surface area contributed by atoms with Crippen LogP contribution in [0, 0.1) is 5.92 Å². The molecule has 0 bridgehead atoms. The number of nitrogens with one attached hydrogen (secondary N) is 1. The summed E-state index contributed by atoms with van der Waals surface area (Å²) < 4.78 is 11.6. The molecule has 1 fully saturated rings. The largest absolute Gasteiger partial charge is 0.486 e. The van der Waals surface area contributed by atoms with Crippen LogP contribution in [0.15, 0.2) is 42.9 Å². The number of rotatable bonds is 4. The molecule has 26 heavy (non-hydrogen) atoms. The summed E-state index contributed by atoms with van der Waals surface area (Å²) in [6.45, 7) is 2.53. The second-order valence-electron chi connectivity index (χ2n) is 6.57. The molecule has 0 spiro atoms. The molecule has 0 radical (unpaired) electrons. The van der Waals surface area contributed by atoms with E-state index in [0.717, 1.165) is 43.2 Å². The number of fused-ring (bicyclic) bond motifs is 1. The van der Waals surface area contributed by atoms with E-state index in [-0.39, 0.29) is 17.9 Å². The van der Waals surface area contributed by atoms with Crippen LogP contribution < -0.4 is 19.7 Å². The summed E-state index contributed by atoms with van der Waals surface area (Å²) in [7, 11) is 0. The van der Waals surface area contributed by atoms with Gasteiger partial charge in [-0.15, -0.1) is 0 Å². The summed E-state index contributed by atoms with van der Waals surface area (Å²) in [5.41, 5.74) is 0. The number of anilines is 1. The van der Waals surface area contributed by atoms with Crippen molar-refractivity contribution in [2.24, 2.45) is 5.92 Å². The van der Waals surface area contributed by atoms with Crippen LogP contribution in [0.2, 0.25) is 0 Å². The maximum Gasteiger partial charge on any atom is 0.223 e. The van der Waals surface area contributed by atoms with Gasteiger partial charge in [0.15, 0.2) is 11.5 Å². The lowest BCUT2D eigenvalue weighted by atomic mass is 9.96. The van der Waals surface area contributed by atoms with Crippen molar-refractivity contribution in [3.05, 3.63) is 42.9 Å². The van der Waals surface area contributed by atoms with E-state index < -0.39 is 0 Å². The Kier molecular flexibility index (Phi) is 4.86. The molecule has 0 saturated carbocycles. The van der Waals surface area contributed by atoms with E-state index in [9.17, 15) is 4.79 Å². The number of hydrogen-bond acceptors (Lipinski definition) is 6. The van der Waals surface area contributed by atoms with Crippen molar-refractivity contribution in [1.29, 1.82) is 0 Å². The molecule has 1 N–H and O–H groups in total. The zero-order valence-corrected chi connectivity index (χ0v) is 14.5. The van der Waals surface area contributed by atoms with Crippen molar-refractivity contribution in [2.75, 3.05) is 31.1 Å². The van der Waals surface area contributed by atoms with Crippen LogP contribution in [-0.2, 0) is 4.79 Å². The summed E-state index contributed by atoms with van der Waals surface area (Å²) >= 11 is 0. The second-order valence-corrected chi connectivity index (χ2v) is 6.57. The summed E-state index contributed by atoms with van der Waals surface area (Å²) in [6, 6.07) is 7.59. The lowest BCUT2D eigenvalue weighted by Crippen LogP contribution is -2.45. The molecule has 2 aliphatic rings. The van der Waals surface area contributed by atoms with Crippen molar-refractivity contribution in [3.8, 4) is 11.5 Å². The van der Waals surface area contributed by atoms with Gasteiger partial charge in [-0.2, -0.15) is 0 Å². The van der Waals surface area contributed by atoms with Crippen LogP contribution in [0.1, 0.15) is 12.8 Å². The molecular formula is C19H22N4O3. The number of para-hydroxylation sites is 2. The third kappa shape index (κ3) is 3.71. The Labute approximate surface area is 152 Å². The SMILES string of the molecule is O=C(NCC1COc2ccccc2O1)C1CCN(c2cnccn2)CC1. The molecule has 7 nitrogen and oxygen atoms in total. The minimum Gasteiger partial charge on any atom is -0.486 e. The smallest absolute Gasteiger partial charge is 0.223 e. The predicted octanol–water partition coefficient (Wildman–Crippen LogP) is 1.65. The summed E-state index contributed by atoms with van der Waals surface area (Å²) in [5.74, 6) is 2.48. The van der Waals surface area contributed by atoms with Crippen molar-refractivity contribution < 1.29 is 14.3 Å². The monoisotopic (exact) mass is 354 g/mol. The van der Waals surface area contributed by atoms with Crippen LogP contribution in [0.5, 0.6) is 11.5 Å². The minimum absolute atomic E-state index is 0.0275. The second kappa shape index (κ2) is 7.59. The molecule has 4 rings (SSSR count). The number of aromatic nitrogens is 2. The summed E-state index contributed by atoms with van der Waals surface area (Å²) in [6.07, 6.45) is 6.59. The Morgan fingerprint density at radius 1 is 1.19 bits per heavy atom. The van der Waals surface area contributed by atoms with Gasteiger partial charge < -0.3 is 19.7 Å². The first-order valence-corrected chi connectivity index (χ1v) is 8.97. The topological polar surface area (TPSA) is 76.6 Å². The van der Waals surface area contributed by atoms with E-state index in [1.807, 2.05) is 24.3 Å². The van der Waals surface area contributed by atoms with Gasteiger partial charge in [-0.3, -0.25) is 9.78 Å². The molecule has 1 unspecified atom stereocenters. The number of ether oxygens (including phenoxy) is 2. The fourth-order valence-electron chi connectivity index (χ4n) is 3.35. The molecular weight excluding hydrogens is 332 g/mol. The number of nitrogens with zero attached hydrogens (tertiary/aromatic N) is 3. The van der Waals surface area contributed by atoms with Gasteiger partial charge in [0.25, 0.3) is 0 Å². The van der Waals surface area contributed by atoms with Gasteiger partial charge in [-0.05, 0) is 25.0 Å². The van der Waals surface area contributed by atoms with E-state index in [1.54, 1.807) is 18.6 Å². The van der Waals surface area contributed by atoms with Gasteiger partial charge in [-0.25, -0.2) is 4.98 Å². The fourth-order valence-corrected chi connectivity index (χ4v) is 3.35. The highest BCUT2D eigenvalue weighted by Crippen LogP contribution is 2.30. The van der Waals surface area contributed by atoms with Gasteiger partial charge in [0.2, 0.25) is 5.91 Å². The molecule has 3 heterocycles. The molecule has 2 aromatic rings. The minimum atomic E-state index is -0.159. The number of amides is 1. The first-order valence-electron chi connectivity index (χ1n) is 8.97. The highest BCUT2D eigenvalue weighted by atomic mass is 16.6. The molecule has 2 aliphatic heterocycles. The number of piperidine rings is 1. The molecule has 1 aromatic carbocycles. The Bertz CT molecular complexity index is 747. The summed E-state index contributed by atoms with van der Waals surface area (Å²) in [5, 5.41) is 3.02. The van der Waals surface area contributed by atoms with Gasteiger partial charge in [-0.1, -0.05) is 12.1 Å². The van der Waals surface area contributed by atoms with Crippen LogP contribution >= 0.6 is 0 Å². The third-order valence-electron chi connectivity index (χ3n) is 4.81. The first-order chi connectivity index (χ1) is 12.8. The van der Waals surface area contributed by atoms with E-state index in [1.165, 1.54) is 0 Å². The lowest BCUT2D eigenvalue weighted by Gasteiger charge is -2.32. The average molecular weight is 354 g/mol. The van der Waals surface area contributed by atoms with Crippen LogP contribution in [0.4, 0.5) is 5.82 Å². The van der Waals surface area contributed by atoms with Crippen LogP contribution in [0.25, 0.3) is 0 Å². The van der Waals surface area contributed by atoms with E-state index >= 15 is 0 Å². The zero-order chi connectivity index (χ0) is 17.8. The zero-order valence-electron chi connectivity index (χ0n) is 14.5. The highest BCUT2D eigenvalue weighted by Gasteiger charge is 2.27. The van der Waals surface area contributed by atoms with Gasteiger partial charge in [0.05, 0.1) is 12.7 Å². The van der Waals surface area contributed by atoms with Crippen molar-refractivity contribution in [3.63, 3.8) is 0 Å². The Morgan fingerprint density at radius 3 is 2.77 bits per heavy atom. The maximum absolute atomic E-state index is 12.5. The van der Waals surface area contributed by atoms with E-state index in [4.69, 9.17) is 9.47 Å². The predicted molar refractivity (Wildman–Crippen MR) is 96.3 cm³/mol. The van der Waals surface area contributed by atoms with Gasteiger partial charge >= 0.3 is 0 Å². The van der Waals surface area contributed by atoms with Crippen LogP contribution in [0.3, 0.4) is 0 Å². The third-order valence-corrected chi connectivity index (χ3v) is 4.81. The standard InChI is InChI=1S/C19H22N4O3/c24-19(14-5-9-23(10-6-14)18-12-20-7-8-21-18)22-11-15-13-25-16-3-1-2-4-17(16)26-15/h1-4,7-8,12,14-15H,5-6,9-11,13H2,(H,22,24). The highest BCUT2D eigenvalue weighted by molar-refractivity contribution is 5.79. The number of benzene rings is 1. The fraction of sp³-hybridized carbons (Fsp3) is 0.421. The molecule has 1 aromatic heterocycles. The molecule has 136 valence electrons. The average Bonchev–Trinajstić information content (AvgIpc) is 2.72. The van der Waals surface area contributed by atoms with Crippen molar-refractivity contribution >= 4 is 11.7 Å². The van der Waals surface area contributed by atoms with Crippen LogP contribution in [-0.4, -0.2) is 48.2 Å². The summed E-state index contributed by atoms with van der Waals surface area (Å²) in [4.78, 5) is 23.1. The quantitative estimate of drug-likeness (QED) is 0.900. The molecule has 1 atom stereocenters. The molecule has 0 aliphatic carbocycles. The lowest BCUT2D eigenvalue weighted by molar-refractivity contribution is -0.126.